The highest BCUT2D eigenvalue weighted by Gasteiger charge is 2.08. The fourth-order valence-electron chi connectivity index (χ4n) is 2.00. The molecule has 0 unspecified atom stereocenters. The summed E-state index contributed by atoms with van der Waals surface area (Å²) in [5.74, 6) is -0.0756. The Morgan fingerprint density at radius 3 is 2.85 bits per heavy atom. The van der Waals surface area contributed by atoms with Crippen LogP contribution in [0.4, 0.5) is 0 Å². The monoisotopic (exact) mass is 332 g/mol. The first-order chi connectivity index (χ1) is 9.61. The number of hydrogen-bond acceptors (Lipinski definition) is 2. The van der Waals surface area contributed by atoms with Gasteiger partial charge >= 0.3 is 0 Å². The summed E-state index contributed by atoms with van der Waals surface area (Å²) in [6.07, 6.45) is 2.67. The summed E-state index contributed by atoms with van der Waals surface area (Å²) in [5.41, 5.74) is 3.81. The van der Waals surface area contributed by atoms with Crippen molar-refractivity contribution in [3.05, 3.63) is 63.4 Å². The summed E-state index contributed by atoms with van der Waals surface area (Å²) in [7, 11) is 0. The molecule has 0 aliphatic heterocycles. The van der Waals surface area contributed by atoms with Crippen LogP contribution >= 0.6 is 15.9 Å². The largest absolute Gasteiger partial charge is 0.346 e. The van der Waals surface area contributed by atoms with Crippen molar-refractivity contribution in [2.24, 2.45) is 0 Å². The van der Waals surface area contributed by atoms with Gasteiger partial charge in [0.1, 0.15) is 0 Å². The molecule has 0 aliphatic carbocycles. The van der Waals surface area contributed by atoms with Crippen LogP contribution in [0, 0.1) is 6.92 Å². The Labute approximate surface area is 127 Å². The molecule has 0 fully saturated rings. The first kappa shape index (κ1) is 14.7. The summed E-state index contributed by atoms with van der Waals surface area (Å²) in [5, 5.41) is 2.92. The van der Waals surface area contributed by atoms with Crippen LogP contribution in [0.25, 0.3) is 0 Å². The molecule has 2 rings (SSSR count). The maximum Gasteiger partial charge on any atom is 0.251 e. The summed E-state index contributed by atoms with van der Waals surface area (Å²) >= 11 is 3.43. The molecule has 2 aromatic rings. The van der Waals surface area contributed by atoms with Crippen LogP contribution in [-0.2, 0) is 13.0 Å². The van der Waals surface area contributed by atoms with Gasteiger partial charge in [-0.1, -0.05) is 28.9 Å². The average molecular weight is 333 g/mol. The maximum atomic E-state index is 12.1. The predicted octanol–water partition coefficient (Wildman–Crippen LogP) is 3.64. The lowest BCUT2D eigenvalue weighted by atomic mass is 10.1. The molecule has 1 aromatic heterocycles. The zero-order valence-electron chi connectivity index (χ0n) is 11.6. The topological polar surface area (TPSA) is 42.0 Å². The van der Waals surface area contributed by atoms with Gasteiger partial charge in [0.05, 0.1) is 12.2 Å². The molecule has 1 heterocycles. The molecule has 1 amide bonds. The fourth-order valence-corrected chi connectivity index (χ4v) is 2.25. The van der Waals surface area contributed by atoms with Gasteiger partial charge in [-0.25, -0.2) is 0 Å². The normalized spacial score (nSPS) is 10.3. The Bertz CT molecular complexity index is 626. The number of amides is 1. The molecule has 1 N–H and O–H groups in total. The van der Waals surface area contributed by atoms with Crippen LogP contribution in [0.1, 0.15) is 34.1 Å². The van der Waals surface area contributed by atoms with E-state index in [1.165, 1.54) is 5.56 Å². The van der Waals surface area contributed by atoms with Crippen molar-refractivity contribution in [3.8, 4) is 0 Å². The number of rotatable bonds is 4. The second kappa shape index (κ2) is 6.66. The van der Waals surface area contributed by atoms with Crippen molar-refractivity contribution >= 4 is 21.8 Å². The van der Waals surface area contributed by atoms with Crippen molar-refractivity contribution in [2.75, 3.05) is 0 Å². The van der Waals surface area contributed by atoms with E-state index in [0.29, 0.717) is 12.1 Å². The van der Waals surface area contributed by atoms with E-state index >= 15 is 0 Å². The van der Waals surface area contributed by atoms with E-state index in [4.69, 9.17) is 0 Å². The number of benzene rings is 1. The summed E-state index contributed by atoms with van der Waals surface area (Å²) in [4.78, 5) is 16.5. The van der Waals surface area contributed by atoms with E-state index in [-0.39, 0.29) is 5.91 Å². The molecular weight excluding hydrogens is 316 g/mol. The molecule has 0 radical (unpaired) electrons. The Kier molecular flexibility index (Phi) is 4.90. The van der Waals surface area contributed by atoms with Gasteiger partial charge in [0, 0.05) is 16.2 Å². The second-order valence-corrected chi connectivity index (χ2v) is 5.46. The summed E-state index contributed by atoms with van der Waals surface area (Å²) in [6, 6.07) is 9.53. The summed E-state index contributed by atoms with van der Waals surface area (Å²) < 4.78 is 1.01. The molecule has 104 valence electrons. The number of nitrogens with zero attached hydrogens (tertiary/aromatic N) is 1. The molecular formula is C16H17BrN2O. The van der Waals surface area contributed by atoms with E-state index < -0.39 is 0 Å². The first-order valence-corrected chi connectivity index (χ1v) is 7.38. The molecule has 0 atom stereocenters. The van der Waals surface area contributed by atoms with Crippen molar-refractivity contribution in [2.45, 2.75) is 26.8 Å². The third-order valence-corrected chi connectivity index (χ3v) is 4.09. The van der Waals surface area contributed by atoms with E-state index in [0.717, 1.165) is 22.2 Å². The van der Waals surface area contributed by atoms with Gasteiger partial charge < -0.3 is 5.32 Å². The van der Waals surface area contributed by atoms with Gasteiger partial charge in [0.2, 0.25) is 0 Å². The number of nitrogens with one attached hydrogen (secondary N) is 1. The van der Waals surface area contributed by atoms with Crippen molar-refractivity contribution in [1.29, 1.82) is 0 Å². The highest BCUT2D eigenvalue weighted by atomic mass is 79.9. The Hall–Kier alpha value is -1.68. The van der Waals surface area contributed by atoms with Gasteiger partial charge in [-0.15, -0.1) is 0 Å². The zero-order chi connectivity index (χ0) is 14.5. The molecule has 0 spiro atoms. The highest BCUT2D eigenvalue weighted by Crippen LogP contribution is 2.17. The van der Waals surface area contributed by atoms with Crippen LogP contribution < -0.4 is 5.32 Å². The van der Waals surface area contributed by atoms with Crippen LogP contribution in [0.5, 0.6) is 0 Å². The average Bonchev–Trinajstić information content (AvgIpc) is 2.47. The van der Waals surface area contributed by atoms with E-state index in [9.17, 15) is 4.79 Å². The van der Waals surface area contributed by atoms with Crippen LogP contribution in [0.3, 0.4) is 0 Å². The van der Waals surface area contributed by atoms with Gasteiger partial charge in [0.15, 0.2) is 0 Å². The minimum absolute atomic E-state index is 0.0756. The Balaban J connectivity index is 2.06. The number of hydrogen-bond donors (Lipinski definition) is 1. The molecule has 3 nitrogen and oxygen atoms in total. The van der Waals surface area contributed by atoms with Crippen molar-refractivity contribution < 1.29 is 4.79 Å². The maximum absolute atomic E-state index is 12.1. The lowest BCUT2D eigenvalue weighted by Crippen LogP contribution is -2.24. The third kappa shape index (κ3) is 3.45. The molecule has 0 bridgehead atoms. The minimum Gasteiger partial charge on any atom is -0.346 e. The van der Waals surface area contributed by atoms with Crippen molar-refractivity contribution in [3.63, 3.8) is 0 Å². The Morgan fingerprint density at radius 2 is 2.15 bits per heavy atom. The number of carbonyl (C=O) groups is 1. The zero-order valence-corrected chi connectivity index (χ0v) is 13.2. The van der Waals surface area contributed by atoms with Crippen LogP contribution in [0.2, 0.25) is 0 Å². The smallest absolute Gasteiger partial charge is 0.251 e. The molecule has 0 aliphatic rings. The SMILES string of the molecule is CCc1cccnc1CNC(=O)c1ccc(Br)c(C)c1. The molecule has 0 saturated heterocycles. The Morgan fingerprint density at radius 1 is 1.35 bits per heavy atom. The van der Waals surface area contributed by atoms with Gasteiger partial charge in [0.25, 0.3) is 5.91 Å². The van der Waals surface area contributed by atoms with E-state index in [1.54, 1.807) is 6.20 Å². The molecule has 0 saturated carbocycles. The highest BCUT2D eigenvalue weighted by molar-refractivity contribution is 9.10. The van der Waals surface area contributed by atoms with Gasteiger partial charge in [-0.2, -0.15) is 0 Å². The number of aryl methyl sites for hydroxylation is 2. The predicted molar refractivity (Wildman–Crippen MR) is 83.7 cm³/mol. The lowest BCUT2D eigenvalue weighted by Gasteiger charge is -2.09. The van der Waals surface area contributed by atoms with Gasteiger partial charge in [-0.3, -0.25) is 9.78 Å². The number of halogens is 1. The molecule has 4 heteroatoms. The molecule has 1 aromatic carbocycles. The van der Waals surface area contributed by atoms with E-state index in [1.807, 2.05) is 37.3 Å². The lowest BCUT2D eigenvalue weighted by molar-refractivity contribution is 0.0950. The third-order valence-electron chi connectivity index (χ3n) is 3.20. The standard InChI is InChI=1S/C16H17BrN2O/c1-3-12-5-4-8-18-15(12)10-19-16(20)13-6-7-14(17)11(2)9-13/h4-9H,3,10H2,1-2H3,(H,19,20). The second-order valence-electron chi connectivity index (χ2n) is 4.61. The van der Waals surface area contributed by atoms with Gasteiger partial charge in [-0.05, 0) is 48.7 Å². The first-order valence-electron chi connectivity index (χ1n) is 6.59. The summed E-state index contributed by atoms with van der Waals surface area (Å²) in [6.45, 7) is 4.51. The van der Waals surface area contributed by atoms with E-state index in [2.05, 4.69) is 33.2 Å². The fraction of sp³-hybridized carbons (Fsp3) is 0.250. The molecule has 20 heavy (non-hydrogen) atoms. The number of pyridine rings is 1. The minimum atomic E-state index is -0.0756. The quantitative estimate of drug-likeness (QED) is 0.928. The van der Waals surface area contributed by atoms with Crippen LogP contribution in [0.15, 0.2) is 41.0 Å². The number of carbonyl (C=O) groups excluding carboxylic acids is 1. The van der Waals surface area contributed by atoms with Crippen molar-refractivity contribution in [1.82, 2.24) is 10.3 Å². The van der Waals surface area contributed by atoms with Crippen LogP contribution in [-0.4, -0.2) is 10.9 Å². The number of aromatic nitrogens is 1.